The highest BCUT2D eigenvalue weighted by molar-refractivity contribution is 7.99. The summed E-state index contributed by atoms with van der Waals surface area (Å²) >= 11 is 1.26. The lowest BCUT2D eigenvalue weighted by Gasteiger charge is -2.03. The SMILES string of the molecule is O=C(O)c1ccc(Sc2nnnn2-c2ccccc2)nc1. The predicted molar refractivity (Wildman–Crippen MR) is 74.5 cm³/mol. The summed E-state index contributed by atoms with van der Waals surface area (Å²) in [4.78, 5) is 14.9. The van der Waals surface area contributed by atoms with E-state index in [9.17, 15) is 4.79 Å². The number of pyridine rings is 1. The summed E-state index contributed by atoms with van der Waals surface area (Å²) in [6.45, 7) is 0. The van der Waals surface area contributed by atoms with Gasteiger partial charge in [0.1, 0.15) is 5.03 Å². The van der Waals surface area contributed by atoms with Crippen LogP contribution >= 0.6 is 11.8 Å². The van der Waals surface area contributed by atoms with Gasteiger partial charge in [0.25, 0.3) is 0 Å². The van der Waals surface area contributed by atoms with Crippen molar-refractivity contribution in [3.8, 4) is 5.69 Å². The van der Waals surface area contributed by atoms with E-state index >= 15 is 0 Å². The Morgan fingerprint density at radius 1 is 1.14 bits per heavy atom. The largest absolute Gasteiger partial charge is 0.478 e. The number of benzene rings is 1. The maximum atomic E-state index is 10.8. The van der Waals surface area contributed by atoms with Gasteiger partial charge in [0.2, 0.25) is 5.16 Å². The standard InChI is InChI=1S/C13H9N5O2S/c19-12(20)9-6-7-11(14-8-9)21-13-15-16-17-18(13)10-4-2-1-3-5-10/h1-8H,(H,19,20). The zero-order valence-electron chi connectivity index (χ0n) is 10.6. The number of hydrogen-bond donors (Lipinski definition) is 1. The highest BCUT2D eigenvalue weighted by atomic mass is 32.2. The average Bonchev–Trinajstić information content (AvgIpc) is 2.97. The van der Waals surface area contributed by atoms with Gasteiger partial charge in [-0.3, -0.25) is 0 Å². The Bertz CT molecular complexity index is 758. The molecule has 0 aliphatic carbocycles. The van der Waals surface area contributed by atoms with Crippen LogP contribution in [-0.2, 0) is 0 Å². The molecule has 21 heavy (non-hydrogen) atoms. The van der Waals surface area contributed by atoms with Crippen molar-refractivity contribution >= 4 is 17.7 Å². The van der Waals surface area contributed by atoms with Crippen LogP contribution < -0.4 is 0 Å². The van der Waals surface area contributed by atoms with E-state index in [4.69, 9.17) is 5.11 Å². The van der Waals surface area contributed by atoms with Gasteiger partial charge >= 0.3 is 5.97 Å². The van der Waals surface area contributed by atoms with Crippen molar-refractivity contribution in [2.45, 2.75) is 10.2 Å². The van der Waals surface area contributed by atoms with E-state index in [2.05, 4.69) is 20.5 Å². The van der Waals surface area contributed by atoms with Crippen LogP contribution in [0.5, 0.6) is 0 Å². The van der Waals surface area contributed by atoms with Crippen molar-refractivity contribution in [3.63, 3.8) is 0 Å². The van der Waals surface area contributed by atoms with Gasteiger partial charge in [0, 0.05) is 6.20 Å². The third-order valence-corrected chi connectivity index (χ3v) is 3.51. The number of tetrazole rings is 1. The van der Waals surface area contributed by atoms with Crippen LogP contribution in [0.4, 0.5) is 0 Å². The number of carbonyl (C=O) groups is 1. The quantitative estimate of drug-likeness (QED) is 0.786. The van der Waals surface area contributed by atoms with Gasteiger partial charge in [0.15, 0.2) is 0 Å². The van der Waals surface area contributed by atoms with Crippen molar-refractivity contribution in [1.82, 2.24) is 25.2 Å². The summed E-state index contributed by atoms with van der Waals surface area (Å²) in [5.41, 5.74) is 0.981. The second-order valence-electron chi connectivity index (χ2n) is 4.00. The van der Waals surface area contributed by atoms with Gasteiger partial charge in [-0.2, -0.15) is 4.68 Å². The molecule has 0 aliphatic rings. The molecule has 7 nitrogen and oxygen atoms in total. The van der Waals surface area contributed by atoms with Crippen molar-refractivity contribution < 1.29 is 9.90 Å². The number of carboxylic acids is 1. The molecule has 8 heteroatoms. The summed E-state index contributed by atoms with van der Waals surface area (Å²) in [6, 6.07) is 12.6. The molecule has 104 valence electrons. The number of aromatic nitrogens is 5. The van der Waals surface area contributed by atoms with Crippen LogP contribution in [-0.4, -0.2) is 36.3 Å². The number of nitrogens with zero attached hydrogens (tertiary/aromatic N) is 5. The van der Waals surface area contributed by atoms with Crippen molar-refractivity contribution in [2.24, 2.45) is 0 Å². The maximum Gasteiger partial charge on any atom is 0.337 e. The zero-order chi connectivity index (χ0) is 14.7. The Labute approximate surface area is 123 Å². The highest BCUT2D eigenvalue weighted by Crippen LogP contribution is 2.25. The molecule has 0 amide bonds. The molecule has 0 bridgehead atoms. The number of rotatable bonds is 4. The first-order valence-electron chi connectivity index (χ1n) is 5.95. The minimum atomic E-state index is -1.01. The molecular formula is C13H9N5O2S. The number of hydrogen-bond acceptors (Lipinski definition) is 6. The smallest absolute Gasteiger partial charge is 0.337 e. The highest BCUT2D eigenvalue weighted by Gasteiger charge is 2.11. The van der Waals surface area contributed by atoms with Gasteiger partial charge in [-0.15, -0.1) is 5.10 Å². The van der Waals surface area contributed by atoms with E-state index in [1.807, 2.05) is 30.3 Å². The molecule has 1 aromatic carbocycles. The van der Waals surface area contributed by atoms with E-state index in [-0.39, 0.29) is 5.56 Å². The molecule has 0 saturated heterocycles. The number of carboxylic acid groups (broad SMARTS) is 1. The lowest BCUT2D eigenvalue weighted by Crippen LogP contribution is -1.99. The molecule has 0 spiro atoms. The second-order valence-corrected chi connectivity index (χ2v) is 4.99. The molecule has 2 heterocycles. The monoisotopic (exact) mass is 299 g/mol. The molecule has 0 atom stereocenters. The number of para-hydroxylation sites is 1. The molecule has 0 saturated carbocycles. The molecule has 3 rings (SSSR count). The summed E-state index contributed by atoms with van der Waals surface area (Å²) in [5, 5.41) is 21.6. The first-order chi connectivity index (χ1) is 10.2. The Morgan fingerprint density at radius 2 is 1.95 bits per heavy atom. The Morgan fingerprint density at radius 3 is 2.62 bits per heavy atom. The van der Waals surface area contributed by atoms with Gasteiger partial charge in [0.05, 0.1) is 11.3 Å². The molecule has 0 fully saturated rings. The van der Waals surface area contributed by atoms with E-state index in [1.54, 1.807) is 10.7 Å². The fourth-order valence-electron chi connectivity index (χ4n) is 1.63. The van der Waals surface area contributed by atoms with Gasteiger partial charge < -0.3 is 5.11 Å². The topological polar surface area (TPSA) is 93.8 Å². The third-order valence-electron chi connectivity index (χ3n) is 2.62. The Balaban J connectivity index is 1.86. The molecule has 0 aliphatic heterocycles. The minimum absolute atomic E-state index is 0.141. The van der Waals surface area contributed by atoms with E-state index in [1.165, 1.54) is 24.0 Å². The van der Waals surface area contributed by atoms with E-state index in [0.717, 1.165) is 5.69 Å². The lowest BCUT2D eigenvalue weighted by molar-refractivity contribution is 0.0696. The summed E-state index contributed by atoms with van der Waals surface area (Å²) in [5.74, 6) is -1.01. The molecular weight excluding hydrogens is 290 g/mol. The minimum Gasteiger partial charge on any atom is -0.478 e. The van der Waals surface area contributed by atoms with Crippen molar-refractivity contribution in [1.29, 1.82) is 0 Å². The van der Waals surface area contributed by atoms with Crippen LogP contribution in [0, 0.1) is 0 Å². The molecule has 0 unspecified atom stereocenters. The van der Waals surface area contributed by atoms with Crippen LogP contribution in [0.2, 0.25) is 0 Å². The molecule has 1 N–H and O–H groups in total. The van der Waals surface area contributed by atoms with Gasteiger partial charge in [-0.1, -0.05) is 18.2 Å². The first kappa shape index (κ1) is 13.3. The summed E-state index contributed by atoms with van der Waals surface area (Å²) in [7, 11) is 0. The lowest BCUT2D eigenvalue weighted by atomic mass is 10.3. The van der Waals surface area contributed by atoms with Crippen molar-refractivity contribution in [3.05, 3.63) is 54.2 Å². The van der Waals surface area contributed by atoms with Gasteiger partial charge in [-0.25, -0.2) is 9.78 Å². The van der Waals surface area contributed by atoms with Crippen LogP contribution in [0.1, 0.15) is 10.4 Å². The molecule has 3 aromatic rings. The second kappa shape index (κ2) is 5.71. The molecule has 0 radical (unpaired) electrons. The number of aromatic carboxylic acids is 1. The maximum absolute atomic E-state index is 10.8. The summed E-state index contributed by atoms with van der Waals surface area (Å²) in [6.07, 6.45) is 1.31. The Kier molecular flexibility index (Phi) is 3.61. The fourth-order valence-corrected chi connectivity index (χ4v) is 2.37. The van der Waals surface area contributed by atoms with Gasteiger partial charge in [-0.05, 0) is 46.5 Å². The normalized spacial score (nSPS) is 10.5. The molecule has 2 aromatic heterocycles. The van der Waals surface area contributed by atoms with Crippen LogP contribution in [0.3, 0.4) is 0 Å². The van der Waals surface area contributed by atoms with Crippen molar-refractivity contribution in [2.75, 3.05) is 0 Å². The van der Waals surface area contributed by atoms with E-state index < -0.39 is 5.97 Å². The first-order valence-corrected chi connectivity index (χ1v) is 6.77. The van der Waals surface area contributed by atoms with E-state index in [0.29, 0.717) is 10.2 Å². The fraction of sp³-hybridized carbons (Fsp3) is 0. The van der Waals surface area contributed by atoms with Crippen LogP contribution in [0.15, 0.2) is 58.8 Å². The zero-order valence-corrected chi connectivity index (χ0v) is 11.4. The summed E-state index contributed by atoms with van der Waals surface area (Å²) < 4.78 is 1.59. The third kappa shape index (κ3) is 2.90. The van der Waals surface area contributed by atoms with Crippen LogP contribution in [0.25, 0.3) is 5.69 Å². The Hall–Kier alpha value is -2.74. The predicted octanol–water partition coefficient (Wildman–Crippen LogP) is 1.91. The average molecular weight is 299 g/mol.